The van der Waals surface area contributed by atoms with Gasteiger partial charge < -0.3 is 8.83 Å². The van der Waals surface area contributed by atoms with Crippen LogP contribution in [-0.4, -0.2) is 0 Å². The van der Waals surface area contributed by atoms with Gasteiger partial charge >= 0.3 is 0 Å². The molecule has 0 bridgehead atoms. The van der Waals surface area contributed by atoms with Gasteiger partial charge in [-0.05, 0) is 79.2 Å². The van der Waals surface area contributed by atoms with Crippen LogP contribution in [-0.2, 0) is 5.41 Å². The molecule has 0 fully saturated rings. The Morgan fingerprint density at radius 1 is 0.388 bits per heavy atom. The van der Waals surface area contributed by atoms with E-state index in [1.54, 1.807) is 0 Å². The molecule has 49 heavy (non-hydrogen) atoms. The molecule has 0 saturated heterocycles. The second-order valence-electron chi connectivity index (χ2n) is 14.0. The molecule has 1 aliphatic carbocycles. The Hall–Kier alpha value is -6.12. The third kappa shape index (κ3) is 3.50. The number of hydrogen-bond acceptors (Lipinski definition) is 2. The molecule has 0 N–H and O–H groups in total. The van der Waals surface area contributed by atoms with Crippen molar-refractivity contribution >= 4 is 65.4 Å². The SMILES string of the molecule is CC1(C)c2ccccc2-c2ccc(-c3c4ccccc4c(-c4cc5oc6ccccc6c5c5c4oc4ccccc45)c4ccccc34)cc21. The molecular weight excluding hydrogens is 597 g/mol. The molecule has 1 aliphatic rings. The fraction of sp³-hybridized carbons (Fsp3) is 0.0638. The molecule has 0 amide bonds. The molecule has 2 heteroatoms. The van der Waals surface area contributed by atoms with Crippen molar-refractivity contribution < 1.29 is 8.83 Å². The lowest BCUT2D eigenvalue weighted by Crippen LogP contribution is -2.14. The molecule has 11 rings (SSSR count). The third-order valence-corrected chi connectivity index (χ3v) is 11.1. The summed E-state index contributed by atoms with van der Waals surface area (Å²) in [6.07, 6.45) is 0. The van der Waals surface area contributed by atoms with Gasteiger partial charge in [-0.2, -0.15) is 0 Å². The highest BCUT2D eigenvalue weighted by molar-refractivity contribution is 6.31. The lowest BCUT2D eigenvalue weighted by molar-refractivity contribution is 0.660. The van der Waals surface area contributed by atoms with Gasteiger partial charge in [0.15, 0.2) is 0 Å². The second kappa shape index (κ2) is 9.49. The molecule has 0 spiro atoms. The average Bonchev–Trinajstić information content (AvgIpc) is 3.78. The van der Waals surface area contributed by atoms with Crippen LogP contribution in [0, 0.1) is 0 Å². The summed E-state index contributed by atoms with van der Waals surface area (Å²) < 4.78 is 13.4. The van der Waals surface area contributed by atoms with Gasteiger partial charge in [-0.15, -0.1) is 0 Å². The molecular formula is C47H30O2. The number of benzene rings is 8. The number of para-hydroxylation sites is 2. The van der Waals surface area contributed by atoms with Crippen LogP contribution in [0.15, 0.2) is 154 Å². The standard InChI is InChI=1S/C47H30O2/c1-47(2)37-20-10-7-13-28(37)29-24-23-27(25-38(29)47)42-30-14-3-5-16-32(30)43(33-17-6-4-15-31(33)42)36-26-41-44(34-18-8-11-21-39(34)48-41)45-35-19-9-12-22-40(35)49-46(36)45/h3-26H,1-2H3. The van der Waals surface area contributed by atoms with Gasteiger partial charge in [-0.3, -0.25) is 0 Å². The van der Waals surface area contributed by atoms with E-state index in [1.807, 2.05) is 12.1 Å². The Bertz CT molecular complexity index is 2970. The highest BCUT2D eigenvalue weighted by atomic mass is 16.3. The Balaban J connectivity index is 1.27. The molecule has 10 aromatic rings. The van der Waals surface area contributed by atoms with E-state index in [0.29, 0.717) is 0 Å². The van der Waals surface area contributed by atoms with E-state index in [9.17, 15) is 0 Å². The summed E-state index contributed by atoms with van der Waals surface area (Å²) in [6.45, 7) is 4.71. The predicted molar refractivity (Wildman–Crippen MR) is 204 cm³/mol. The maximum atomic E-state index is 6.84. The largest absolute Gasteiger partial charge is 0.456 e. The van der Waals surface area contributed by atoms with E-state index >= 15 is 0 Å². The first-order chi connectivity index (χ1) is 24.1. The molecule has 0 unspecified atom stereocenters. The molecule has 8 aromatic carbocycles. The highest BCUT2D eigenvalue weighted by Crippen LogP contribution is 2.52. The van der Waals surface area contributed by atoms with E-state index in [4.69, 9.17) is 8.83 Å². The fourth-order valence-corrected chi connectivity index (χ4v) is 8.88. The maximum absolute atomic E-state index is 6.84. The average molecular weight is 627 g/mol. The van der Waals surface area contributed by atoms with Gasteiger partial charge in [0.25, 0.3) is 0 Å². The molecule has 2 nitrogen and oxygen atoms in total. The van der Waals surface area contributed by atoms with Gasteiger partial charge in [-0.25, -0.2) is 0 Å². The lowest BCUT2D eigenvalue weighted by atomic mass is 9.80. The first-order valence-corrected chi connectivity index (χ1v) is 17.0. The zero-order chi connectivity index (χ0) is 32.4. The number of hydrogen-bond donors (Lipinski definition) is 0. The third-order valence-electron chi connectivity index (χ3n) is 11.1. The van der Waals surface area contributed by atoms with Crippen LogP contribution < -0.4 is 0 Å². The minimum absolute atomic E-state index is 0.0810. The van der Waals surface area contributed by atoms with Gasteiger partial charge in [0, 0.05) is 38.1 Å². The molecule has 230 valence electrons. The van der Waals surface area contributed by atoms with Crippen molar-refractivity contribution in [2.75, 3.05) is 0 Å². The van der Waals surface area contributed by atoms with E-state index in [-0.39, 0.29) is 5.41 Å². The predicted octanol–water partition coefficient (Wildman–Crippen LogP) is 13.4. The van der Waals surface area contributed by atoms with E-state index < -0.39 is 0 Å². The summed E-state index contributed by atoms with van der Waals surface area (Å²) >= 11 is 0. The molecule has 0 atom stereocenters. The fourth-order valence-electron chi connectivity index (χ4n) is 8.88. The van der Waals surface area contributed by atoms with Gasteiger partial charge in [0.2, 0.25) is 0 Å². The summed E-state index contributed by atoms with van der Waals surface area (Å²) in [5.74, 6) is 0. The summed E-state index contributed by atoms with van der Waals surface area (Å²) in [4.78, 5) is 0. The van der Waals surface area contributed by atoms with E-state index in [2.05, 4.69) is 147 Å². The van der Waals surface area contributed by atoms with Crippen LogP contribution in [0.3, 0.4) is 0 Å². The Morgan fingerprint density at radius 2 is 0.918 bits per heavy atom. The van der Waals surface area contributed by atoms with E-state index in [0.717, 1.165) is 55.0 Å². The molecule has 0 saturated carbocycles. The van der Waals surface area contributed by atoms with Crippen molar-refractivity contribution in [3.63, 3.8) is 0 Å². The molecule has 2 heterocycles. The first-order valence-electron chi connectivity index (χ1n) is 17.0. The minimum atomic E-state index is -0.0810. The number of fused-ring (bicyclic) bond motifs is 12. The van der Waals surface area contributed by atoms with Gasteiger partial charge in [0.1, 0.15) is 22.3 Å². The van der Waals surface area contributed by atoms with Crippen molar-refractivity contribution in [1.29, 1.82) is 0 Å². The Morgan fingerprint density at radius 3 is 1.61 bits per heavy atom. The summed E-state index contributed by atoms with van der Waals surface area (Å²) in [5, 5.41) is 9.23. The quantitative estimate of drug-likeness (QED) is 0.178. The van der Waals surface area contributed by atoms with Crippen molar-refractivity contribution in [2.24, 2.45) is 0 Å². The van der Waals surface area contributed by atoms with Crippen molar-refractivity contribution in [3.8, 4) is 33.4 Å². The van der Waals surface area contributed by atoms with Crippen LogP contribution in [0.1, 0.15) is 25.0 Å². The van der Waals surface area contributed by atoms with E-state index in [1.165, 1.54) is 54.9 Å². The maximum Gasteiger partial charge on any atom is 0.144 e. The minimum Gasteiger partial charge on any atom is -0.456 e. The monoisotopic (exact) mass is 626 g/mol. The Labute approximate surface area is 282 Å². The second-order valence-corrected chi connectivity index (χ2v) is 14.0. The van der Waals surface area contributed by atoms with Crippen LogP contribution in [0.4, 0.5) is 0 Å². The van der Waals surface area contributed by atoms with Gasteiger partial charge in [0.05, 0.1) is 0 Å². The van der Waals surface area contributed by atoms with Crippen molar-refractivity contribution in [1.82, 2.24) is 0 Å². The number of rotatable bonds is 2. The zero-order valence-electron chi connectivity index (χ0n) is 27.2. The number of furan rings is 2. The normalized spacial score (nSPS) is 13.7. The topological polar surface area (TPSA) is 26.3 Å². The molecule has 0 aliphatic heterocycles. The Kier molecular flexibility index (Phi) is 5.21. The molecule has 2 aromatic heterocycles. The van der Waals surface area contributed by atoms with Gasteiger partial charge in [-0.1, -0.05) is 135 Å². The smallest absolute Gasteiger partial charge is 0.144 e. The van der Waals surface area contributed by atoms with Crippen LogP contribution in [0.2, 0.25) is 0 Å². The summed E-state index contributed by atoms with van der Waals surface area (Å²) in [5.41, 5.74) is 13.6. The lowest BCUT2D eigenvalue weighted by Gasteiger charge is -2.23. The highest BCUT2D eigenvalue weighted by Gasteiger charge is 2.35. The summed E-state index contributed by atoms with van der Waals surface area (Å²) in [7, 11) is 0. The van der Waals surface area contributed by atoms with Crippen molar-refractivity contribution in [3.05, 3.63) is 157 Å². The molecule has 0 radical (unpaired) electrons. The summed E-state index contributed by atoms with van der Waals surface area (Å²) in [6, 6.07) is 52.6. The van der Waals surface area contributed by atoms with Crippen LogP contribution in [0.25, 0.3) is 98.8 Å². The van der Waals surface area contributed by atoms with Crippen molar-refractivity contribution in [2.45, 2.75) is 19.3 Å². The first kappa shape index (κ1) is 26.9. The van der Waals surface area contributed by atoms with Crippen LogP contribution in [0.5, 0.6) is 0 Å². The zero-order valence-corrected chi connectivity index (χ0v) is 27.2. The van der Waals surface area contributed by atoms with Crippen LogP contribution >= 0.6 is 0 Å².